The van der Waals surface area contributed by atoms with Gasteiger partial charge in [0.15, 0.2) is 5.96 Å². The minimum atomic E-state index is 0.0317. The van der Waals surface area contributed by atoms with E-state index in [1.165, 1.54) is 31.3 Å². The summed E-state index contributed by atoms with van der Waals surface area (Å²) in [6.45, 7) is 1.67. The van der Waals surface area contributed by atoms with Gasteiger partial charge in [-0.1, -0.05) is 42.0 Å². The lowest BCUT2D eigenvalue weighted by Gasteiger charge is -2.16. The van der Waals surface area contributed by atoms with Gasteiger partial charge in [0.1, 0.15) is 0 Å². The molecule has 136 valence electrons. The molecule has 1 aliphatic carbocycles. The highest BCUT2D eigenvalue weighted by molar-refractivity contribution is 5.86. The van der Waals surface area contributed by atoms with E-state index in [1.54, 1.807) is 19.0 Å². The number of likely N-dealkylation sites (N-methyl/N-ethyl adjacent to an activating group) is 1. The molecule has 0 spiro atoms. The van der Waals surface area contributed by atoms with E-state index in [1.807, 2.05) is 18.2 Å². The van der Waals surface area contributed by atoms with Gasteiger partial charge in [0.2, 0.25) is 5.91 Å². The first-order valence-corrected chi connectivity index (χ1v) is 9.09. The van der Waals surface area contributed by atoms with Crippen molar-refractivity contribution in [2.45, 2.75) is 38.6 Å². The van der Waals surface area contributed by atoms with Crippen molar-refractivity contribution in [3.63, 3.8) is 0 Å². The highest BCUT2D eigenvalue weighted by Crippen LogP contribution is 2.19. The number of nitrogens with one attached hydrogen (secondary N) is 2. The third-order valence-corrected chi connectivity index (χ3v) is 4.29. The first-order chi connectivity index (χ1) is 12.1. The van der Waals surface area contributed by atoms with Crippen LogP contribution in [0.1, 0.15) is 37.7 Å². The Morgan fingerprint density at radius 3 is 2.64 bits per heavy atom. The maximum absolute atomic E-state index is 11.8. The van der Waals surface area contributed by atoms with Crippen molar-refractivity contribution in [3.8, 4) is 0 Å². The van der Waals surface area contributed by atoms with Crippen LogP contribution in [0.15, 0.2) is 47.0 Å². The van der Waals surface area contributed by atoms with Crippen LogP contribution in [0.2, 0.25) is 0 Å². The summed E-state index contributed by atoms with van der Waals surface area (Å²) in [5, 5.41) is 6.50. The van der Waals surface area contributed by atoms with Crippen LogP contribution in [0.3, 0.4) is 0 Å². The number of carbonyl (C=O) groups is 1. The molecule has 0 bridgehead atoms. The fourth-order valence-corrected chi connectivity index (χ4v) is 2.72. The van der Waals surface area contributed by atoms with Gasteiger partial charge < -0.3 is 15.5 Å². The second-order valence-corrected chi connectivity index (χ2v) is 6.58. The molecule has 1 aliphatic rings. The van der Waals surface area contributed by atoms with Crippen LogP contribution in [0.25, 0.3) is 0 Å². The lowest BCUT2D eigenvalue weighted by atomic mass is 9.97. The number of amides is 1. The van der Waals surface area contributed by atoms with Crippen LogP contribution in [-0.4, -0.2) is 44.0 Å². The number of benzene rings is 1. The maximum atomic E-state index is 11.8. The molecule has 0 aliphatic heterocycles. The summed E-state index contributed by atoms with van der Waals surface area (Å²) >= 11 is 0. The molecular formula is C20H30N4O. The van der Waals surface area contributed by atoms with Crippen LogP contribution >= 0.6 is 0 Å². The predicted octanol–water partition coefficient (Wildman–Crippen LogP) is 2.70. The monoisotopic (exact) mass is 342 g/mol. The third kappa shape index (κ3) is 7.42. The Hall–Kier alpha value is -2.30. The van der Waals surface area contributed by atoms with E-state index in [4.69, 9.17) is 0 Å². The van der Waals surface area contributed by atoms with Crippen molar-refractivity contribution in [1.29, 1.82) is 0 Å². The average Bonchev–Trinajstić information content (AvgIpc) is 2.64. The van der Waals surface area contributed by atoms with Gasteiger partial charge in [-0.05, 0) is 37.7 Å². The molecule has 1 aromatic carbocycles. The van der Waals surface area contributed by atoms with E-state index in [0.29, 0.717) is 12.5 Å². The van der Waals surface area contributed by atoms with Crippen LogP contribution in [0.4, 0.5) is 0 Å². The first kappa shape index (κ1) is 19.0. The number of allylic oxidation sites excluding steroid dienone is 1. The summed E-state index contributed by atoms with van der Waals surface area (Å²) < 4.78 is 0. The highest BCUT2D eigenvalue weighted by Gasteiger charge is 2.07. The molecule has 1 amide bonds. The molecular weight excluding hydrogens is 312 g/mol. The Labute approximate surface area is 151 Å². The summed E-state index contributed by atoms with van der Waals surface area (Å²) in [5.74, 6) is 0.722. The van der Waals surface area contributed by atoms with Crippen molar-refractivity contribution in [2.75, 3.05) is 27.2 Å². The summed E-state index contributed by atoms with van der Waals surface area (Å²) in [7, 11) is 3.52. The second-order valence-electron chi connectivity index (χ2n) is 6.58. The Balaban J connectivity index is 1.88. The van der Waals surface area contributed by atoms with Crippen molar-refractivity contribution in [2.24, 2.45) is 4.99 Å². The summed E-state index contributed by atoms with van der Waals surface area (Å²) in [5.41, 5.74) is 2.68. The van der Waals surface area contributed by atoms with Crippen molar-refractivity contribution < 1.29 is 4.79 Å². The summed E-state index contributed by atoms with van der Waals surface area (Å²) in [6.07, 6.45) is 8.44. The molecule has 5 nitrogen and oxygen atoms in total. The SMILES string of the molecule is CN(C)C(=O)CNC(=NCc1ccccc1)NCCC1=CCCCC1. The van der Waals surface area contributed by atoms with E-state index in [2.05, 4.69) is 33.8 Å². The normalized spacial score (nSPS) is 14.6. The van der Waals surface area contributed by atoms with Crippen molar-refractivity contribution in [3.05, 3.63) is 47.5 Å². The number of hydrogen-bond donors (Lipinski definition) is 2. The molecule has 2 rings (SSSR count). The molecule has 0 atom stereocenters. The zero-order valence-corrected chi connectivity index (χ0v) is 15.4. The van der Waals surface area contributed by atoms with Crippen LogP contribution in [0, 0.1) is 0 Å². The molecule has 2 N–H and O–H groups in total. The largest absolute Gasteiger partial charge is 0.356 e. The minimum absolute atomic E-state index is 0.0317. The van der Waals surface area contributed by atoms with Gasteiger partial charge in [0.05, 0.1) is 13.1 Å². The van der Waals surface area contributed by atoms with E-state index < -0.39 is 0 Å². The van der Waals surface area contributed by atoms with Gasteiger partial charge in [0, 0.05) is 20.6 Å². The highest BCUT2D eigenvalue weighted by atomic mass is 16.2. The van der Waals surface area contributed by atoms with Crippen LogP contribution in [0.5, 0.6) is 0 Å². The number of nitrogens with zero attached hydrogens (tertiary/aromatic N) is 2. The Morgan fingerprint density at radius 2 is 1.96 bits per heavy atom. The zero-order valence-electron chi connectivity index (χ0n) is 15.4. The van der Waals surface area contributed by atoms with Gasteiger partial charge in [-0.3, -0.25) is 4.79 Å². The molecule has 5 heteroatoms. The number of hydrogen-bond acceptors (Lipinski definition) is 2. The van der Waals surface area contributed by atoms with E-state index >= 15 is 0 Å². The number of rotatable bonds is 7. The molecule has 0 saturated carbocycles. The Kier molecular flexibility index (Phi) is 8.02. The molecule has 0 radical (unpaired) electrons. The minimum Gasteiger partial charge on any atom is -0.356 e. The van der Waals surface area contributed by atoms with Gasteiger partial charge in [-0.25, -0.2) is 4.99 Å². The average molecular weight is 342 g/mol. The standard InChI is InChI=1S/C20H30N4O/c1-24(2)19(25)16-23-20(22-15-18-11-7-4-8-12-18)21-14-13-17-9-5-3-6-10-17/h4,7-9,11-12H,3,5-6,10,13-16H2,1-2H3,(H2,21,22,23). The van der Waals surface area contributed by atoms with Gasteiger partial charge >= 0.3 is 0 Å². The van der Waals surface area contributed by atoms with Gasteiger partial charge in [-0.15, -0.1) is 0 Å². The lowest BCUT2D eigenvalue weighted by Crippen LogP contribution is -2.43. The third-order valence-electron chi connectivity index (χ3n) is 4.29. The molecule has 0 saturated heterocycles. The number of carbonyl (C=O) groups excluding carboxylic acids is 1. The van der Waals surface area contributed by atoms with Crippen LogP contribution < -0.4 is 10.6 Å². The van der Waals surface area contributed by atoms with Crippen molar-refractivity contribution >= 4 is 11.9 Å². The van der Waals surface area contributed by atoms with Gasteiger partial charge in [-0.2, -0.15) is 0 Å². The quantitative estimate of drug-likeness (QED) is 0.455. The predicted molar refractivity (Wildman–Crippen MR) is 103 cm³/mol. The Morgan fingerprint density at radius 1 is 1.16 bits per heavy atom. The van der Waals surface area contributed by atoms with E-state index in [-0.39, 0.29) is 12.5 Å². The molecule has 0 unspecified atom stereocenters. The number of guanidine groups is 1. The smallest absolute Gasteiger partial charge is 0.241 e. The topological polar surface area (TPSA) is 56.7 Å². The van der Waals surface area contributed by atoms with Gasteiger partial charge in [0.25, 0.3) is 0 Å². The molecule has 25 heavy (non-hydrogen) atoms. The zero-order chi connectivity index (χ0) is 17.9. The fraction of sp³-hybridized carbons (Fsp3) is 0.500. The molecule has 0 heterocycles. The van der Waals surface area contributed by atoms with E-state index in [9.17, 15) is 4.79 Å². The van der Waals surface area contributed by atoms with Crippen LogP contribution in [-0.2, 0) is 11.3 Å². The summed E-state index contributed by atoms with van der Waals surface area (Å²) in [4.78, 5) is 18.0. The maximum Gasteiger partial charge on any atom is 0.241 e. The Bertz CT molecular complexity index is 593. The van der Waals surface area contributed by atoms with E-state index in [0.717, 1.165) is 18.5 Å². The molecule has 0 fully saturated rings. The second kappa shape index (κ2) is 10.5. The number of aliphatic imine (C=N–C) groups is 1. The summed E-state index contributed by atoms with van der Waals surface area (Å²) in [6, 6.07) is 10.1. The fourth-order valence-electron chi connectivity index (χ4n) is 2.72. The van der Waals surface area contributed by atoms with Crippen molar-refractivity contribution in [1.82, 2.24) is 15.5 Å². The molecule has 1 aromatic rings. The molecule has 0 aromatic heterocycles. The lowest BCUT2D eigenvalue weighted by molar-refractivity contribution is -0.127. The first-order valence-electron chi connectivity index (χ1n) is 9.09.